The number of hydrogen-bond acceptors (Lipinski definition) is 2. The Morgan fingerprint density at radius 2 is 1.95 bits per heavy atom. The zero-order valence-electron chi connectivity index (χ0n) is 12.4. The van der Waals surface area contributed by atoms with Gasteiger partial charge in [-0.1, -0.05) is 44.2 Å². The van der Waals surface area contributed by atoms with Gasteiger partial charge >= 0.3 is 0 Å². The zero-order valence-corrected chi connectivity index (χ0v) is 12.4. The Hall–Kier alpha value is -0.860. The average molecular weight is 261 g/mol. The van der Waals surface area contributed by atoms with E-state index < -0.39 is 0 Å². The van der Waals surface area contributed by atoms with E-state index in [2.05, 4.69) is 56.4 Å². The van der Waals surface area contributed by atoms with Crippen LogP contribution in [0.4, 0.5) is 0 Å². The molecule has 1 aliphatic carbocycles. The molecule has 4 atom stereocenters. The fraction of sp³-hybridized carbons (Fsp3) is 0.647. The predicted molar refractivity (Wildman–Crippen MR) is 80.5 cm³/mol. The van der Waals surface area contributed by atoms with Crippen LogP contribution in [0.1, 0.15) is 45.1 Å². The lowest BCUT2D eigenvalue weighted by molar-refractivity contribution is 0.0259. The molecule has 0 saturated heterocycles. The fourth-order valence-corrected chi connectivity index (χ4v) is 3.18. The predicted octanol–water partition coefficient (Wildman–Crippen LogP) is 3.58. The molecule has 1 fully saturated rings. The summed E-state index contributed by atoms with van der Waals surface area (Å²) in [5, 5.41) is 3.66. The van der Waals surface area contributed by atoms with Crippen molar-refractivity contribution < 1.29 is 4.74 Å². The van der Waals surface area contributed by atoms with Crippen LogP contribution in [-0.2, 0) is 4.74 Å². The molecule has 0 bridgehead atoms. The van der Waals surface area contributed by atoms with Crippen LogP contribution in [0.2, 0.25) is 0 Å². The van der Waals surface area contributed by atoms with E-state index in [0.29, 0.717) is 12.1 Å². The highest BCUT2D eigenvalue weighted by Crippen LogP contribution is 2.50. The molecule has 1 N–H and O–H groups in total. The molecule has 0 aliphatic heterocycles. The third kappa shape index (κ3) is 3.58. The first-order valence-corrected chi connectivity index (χ1v) is 7.71. The summed E-state index contributed by atoms with van der Waals surface area (Å²) in [7, 11) is 0. The van der Waals surface area contributed by atoms with Gasteiger partial charge in [0.15, 0.2) is 0 Å². The van der Waals surface area contributed by atoms with Gasteiger partial charge in [-0.05, 0) is 43.7 Å². The van der Waals surface area contributed by atoms with E-state index >= 15 is 0 Å². The van der Waals surface area contributed by atoms with Crippen molar-refractivity contribution in [1.29, 1.82) is 0 Å². The molecular formula is C17H27NO. The minimum Gasteiger partial charge on any atom is -0.377 e. The van der Waals surface area contributed by atoms with Gasteiger partial charge in [0.1, 0.15) is 0 Å². The smallest absolute Gasteiger partial charge is 0.0728 e. The molecule has 0 amide bonds. The number of hydrogen-bond donors (Lipinski definition) is 1. The molecule has 1 saturated carbocycles. The van der Waals surface area contributed by atoms with Crippen LogP contribution in [0.5, 0.6) is 0 Å². The molecule has 1 aromatic carbocycles. The number of ether oxygens (including phenoxy) is 1. The van der Waals surface area contributed by atoms with E-state index in [1.54, 1.807) is 0 Å². The van der Waals surface area contributed by atoms with E-state index in [4.69, 9.17) is 4.74 Å². The lowest BCUT2D eigenvalue weighted by Gasteiger charge is -2.27. The Balaban J connectivity index is 2.01. The summed E-state index contributed by atoms with van der Waals surface area (Å²) in [6.45, 7) is 8.33. The van der Waals surface area contributed by atoms with Crippen LogP contribution < -0.4 is 5.32 Å². The van der Waals surface area contributed by atoms with E-state index in [0.717, 1.165) is 31.4 Å². The molecule has 0 heterocycles. The van der Waals surface area contributed by atoms with Crippen LogP contribution in [0.15, 0.2) is 30.3 Å². The van der Waals surface area contributed by atoms with Crippen molar-refractivity contribution in [2.24, 2.45) is 5.92 Å². The summed E-state index contributed by atoms with van der Waals surface area (Å²) in [4.78, 5) is 0. The molecule has 2 heteroatoms. The van der Waals surface area contributed by atoms with Gasteiger partial charge in [0, 0.05) is 12.6 Å². The first kappa shape index (κ1) is 14.5. The van der Waals surface area contributed by atoms with Gasteiger partial charge in [-0.15, -0.1) is 0 Å². The van der Waals surface area contributed by atoms with Crippen LogP contribution in [-0.4, -0.2) is 25.3 Å². The Morgan fingerprint density at radius 3 is 2.53 bits per heavy atom. The molecule has 0 radical (unpaired) electrons. The maximum atomic E-state index is 5.93. The van der Waals surface area contributed by atoms with Gasteiger partial charge in [0.25, 0.3) is 0 Å². The van der Waals surface area contributed by atoms with Gasteiger partial charge in [-0.25, -0.2) is 0 Å². The summed E-state index contributed by atoms with van der Waals surface area (Å²) in [5.41, 5.74) is 1.49. The highest BCUT2D eigenvalue weighted by Gasteiger charge is 2.46. The summed E-state index contributed by atoms with van der Waals surface area (Å²) in [6, 6.07) is 11.4. The average Bonchev–Trinajstić information content (AvgIpc) is 3.24. The lowest BCUT2D eigenvalue weighted by atomic mass is 9.99. The second-order valence-electron chi connectivity index (χ2n) is 5.40. The molecular weight excluding hydrogens is 234 g/mol. The molecule has 2 nitrogen and oxygen atoms in total. The van der Waals surface area contributed by atoms with Crippen molar-refractivity contribution in [3.63, 3.8) is 0 Å². The molecule has 19 heavy (non-hydrogen) atoms. The normalized spacial score (nSPS) is 25.0. The Labute approximate surface area is 117 Å². The van der Waals surface area contributed by atoms with Crippen molar-refractivity contribution in [2.75, 3.05) is 13.2 Å². The highest BCUT2D eigenvalue weighted by atomic mass is 16.5. The highest BCUT2D eigenvalue weighted by molar-refractivity contribution is 5.27. The third-order valence-corrected chi connectivity index (χ3v) is 4.15. The van der Waals surface area contributed by atoms with Crippen molar-refractivity contribution in [1.82, 2.24) is 5.32 Å². The minimum atomic E-state index is 0.351. The molecule has 0 spiro atoms. The van der Waals surface area contributed by atoms with Crippen molar-refractivity contribution in [3.8, 4) is 0 Å². The zero-order chi connectivity index (χ0) is 13.7. The maximum absolute atomic E-state index is 5.93. The fourth-order valence-electron chi connectivity index (χ4n) is 3.18. The van der Waals surface area contributed by atoms with Crippen LogP contribution in [0, 0.1) is 5.92 Å². The maximum Gasteiger partial charge on any atom is 0.0728 e. The number of benzene rings is 1. The van der Waals surface area contributed by atoms with Crippen molar-refractivity contribution in [3.05, 3.63) is 35.9 Å². The van der Waals surface area contributed by atoms with Gasteiger partial charge in [-0.2, -0.15) is 0 Å². The SMILES string of the molecule is CCNC(C(CC)OCC)C1CC1c1ccccc1. The second-order valence-corrected chi connectivity index (χ2v) is 5.40. The van der Waals surface area contributed by atoms with Gasteiger partial charge in [-0.3, -0.25) is 0 Å². The third-order valence-electron chi connectivity index (χ3n) is 4.15. The quantitative estimate of drug-likeness (QED) is 0.772. The lowest BCUT2D eigenvalue weighted by Crippen LogP contribution is -2.43. The van der Waals surface area contributed by atoms with Crippen LogP contribution in [0.3, 0.4) is 0 Å². The molecule has 106 valence electrons. The van der Waals surface area contributed by atoms with Crippen molar-refractivity contribution in [2.45, 2.75) is 51.7 Å². The standard InChI is InChI=1S/C17H27NO/c1-4-16(19-6-3)17(18-5-2)15-12-14(15)13-10-8-7-9-11-13/h7-11,14-18H,4-6,12H2,1-3H3. The van der Waals surface area contributed by atoms with E-state index in [-0.39, 0.29) is 0 Å². The Morgan fingerprint density at radius 1 is 1.21 bits per heavy atom. The van der Waals surface area contributed by atoms with Gasteiger partial charge in [0.05, 0.1) is 6.10 Å². The number of likely N-dealkylation sites (N-methyl/N-ethyl adjacent to an activating group) is 1. The molecule has 0 aromatic heterocycles. The second kappa shape index (κ2) is 7.06. The minimum absolute atomic E-state index is 0.351. The Kier molecular flexibility index (Phi) is 5.41. The van der Waals surface area contributed by atoms with Crippen molar-refractivity contribution >= 4 is 0 Å². The van der Waals surface area contributed by atoms with Crippen LogP contribution >= 0.6 is 0 Å². The number of rotatable bonds is 8. The first-order valence-electron chi connectivity index (χ1n) is 7.71. The summed E-state index contributed by atoms with van der Waals surface area (Å²) in [5.74, 6) is 1.46. The van der Waals surface area contributed by atoms with E-state index in [1.165, 1.54) is 12.0 Å². The molecule has 2 rings (SSSR count). The topological polar surface area (TPSA) is 21.3 Å². The van der Waals surface area contributed by atoms with E-state index in [9.17, 15) is 0 Å². The largest absolute Gasteiger partial charge is 0.377 e. The molecule has 1 aromatic rings. The summed E-state index contributed by atoms with van der Waals surface area (Å²) >= 11 is 0. The summed E-state index contributed by atoms with van der Waals surface area (Å²) < 4.78 is 5.93. The van der Waals surface area contributed by atoms with E-state index in [1.807, 2.05) is 0 Å². The van der Waals surface area contributed by atoms with Gasteiger partial charge < -0.3 is 10.1 Å². The first-order chi connectivity index (χ1) is 9.31. The van der Waals surface area contributed by atoms with Crippen LogP contribution in [0.25, 0.3) is 0 Å². The molecule has 1 aliphatic rings. The molecule has 4 unspecified atom stereocenters. The van der Waals surface area contributed by atoms with Gasteiger partial charge in [0.2, 0.25) is 0 Å². The monoisotopic (exact) mass is 261 g/mol. The summed E-state index contributed by atoms with van der Waals surface area (Å²) in [6.07, 6.45) is 2.73. The number of nitrogens with one attached hydrogen (secondary N) is 1. The Bertz CT molecular complexity index is 365.